The number of amides is 2. The van der Waals surface area contributed by atoms with Crippen molar-refractivity contribution in [1.82, 2.24) is 10.2 Å². The Balaban J connectivity index is 1.79. The number of nitrogens with zero attached hydrogens (tertiary/aromatic N) is 1. The van der Waals surface area contributed by atoms with Gasteiger partial charge >= 0.3 is 12.1 Å². The van der Waals surface area contributed by atoms with Crippen LogP contribution in [-0.4, -0.2) is 55.2 Å². The fraction of sp³-hybridized carbons (Fsp3) is 0.529. The lowest BCUT2D eigenvalue weighted by Gasteiger charge is -2.32. The van der Waals surface area contributed by atoms with Crippen molar-refractivity contribution in [3.8, 4) is 11.5 Å². The lowest BCUT2D eigenvalue weighted by molar-refractivity contribution is -0.174. The molecule has 0 spiro atoms. The summed E-state index contributed by atoms with van der Waals surface area (Å²) in [5.41, 5.74) is 0. The Kier molecular flexibility index (Phi) is 6.70. The molecular weight excluding hydrogens is 353 g/mol. The molecule has 2 amide bonds. The van der Waals surface area contributed by atoms with Crippen LogP contribution < -0.4 is 14.8 Å². The molecule has 0 aliphatic carbocycles. The van der Waals surface area contributed by atoms with Gasteiger partial charge in [0.15, 0.2) is 18.1 Å². The molecule has 1 aromatic carbocycles. The van der Waals surface area contributed by atoms with Gasteiger partial charge < -0.3 is 19.7 Å². The van der Waals surface area contributed by atoms with Crippen LogP contribution in [0.2, 0.25) is 0 Å². The van der Waals surface area contributed by atoms with Gasteiger partial charge in [-0.3, -0.25) is 9.59 Å². The number of rotatable bonds is 6. The third-order valence-electron chi connectivity index (χ3n) is 3.94. The van der Waals surface area contributed by atoms with Gasteiger partial charge in [-0.25, -0.2) is 0 Å². The van der Waals surface area contributed by atoms with Crippen molar-refractivity contribution in [2.75, 3.05) is 26.3 Å². The minimum Gasteiger partial charge on any atom is -0.490 e. The number of benzene rings is 1. The Morgan fingerprint density at radius 1 is 1.15 bits per heavy atom. The molecular formula is C17H21F3N2O4. The summed E-state index contributed by atoms with van der Waals surface area (Å²) in [7, 11) is 0. The molecule has 1 saturated heterocycles. The van der Waals surface area contributed by atoms with Crippen LogP contribution in [0.15, 0.2) is 24.3 Å². The first-order valence-corrected chi connectivity index (χ1v) is 8.31. The third-order valence-corrected chi connectivity index (χ3v) is 3.94. The van der Waals surface area contributed by atoms with Crippen LogP contribution in [0.1, 0.15) is 19.8 Å². The van der Waals surface area contributed by atoms with Crippen molar-refractivity contribution in [1.29, 1.82) is 0 Å². The first kappa shape index (κ1) is 19.9. The van der Waals surface area contributed by atoms with Crippen LogP contribution in [-0.2, 0) is 9.59 Å². The van der Waals surface area contributed by atoms with E-state index in [4.69, 9.17) is 9.47 Å². The van der Waals surface area contributed by atoms with E-state index in [9.17, 15) is 22.8 Å². The average molecular weight is 374 g/mol. The number of carbonyl (C=O) groups is 2. The number of hydrogen-bond donors (Lipinski definition) is 1. The highest BCUT2D eigenvalue weighted by molar-refractivity contribution is 5.82. The van der Waals surface area contributed by atoms with E-state index >= 15 is 0 Å². The SMILES string of the molecule is CCOc1ccccc1OCC(=O)N1CCC(NC(=O)C(F)(F)F)CC1. The van der Waals surface area contributed by atoms with E-state index in [1.54, 1.807) is 24.3 Å². The van der Waals surface area contributed by atoms with Crippen molar-refractivity contribution >= 4 is 11.8 Å². The molecule has 6 nitrogen and oxygen atoms in total. The van der Waals surface area contributed by atoms with Crippen LogP contribution in [0, 0.1) is 0 Å². The summed E-state index contributed by atoms with van der Waals surface area (Å²) < 4.78 is 47.7. The fourth-order valence-corrected chi connectivity index (χ4v) is 2.62. The zero-order chi connectivity index (χ0) is 19.2. The molecule has 2 rings (SSSR count). The van der Waals surface area contributed by atoms with Gasteiger partial charge in [-0.05, 0) is 31.9 Å². The normalized spacial score (nSPS) is 15.5. The highest BCUT2D eigenvalue weighted by atomic mass is 19.4. The second-order valence-corrected chi connectivity index (χ2v) is 5.79. The molecule has 0 radical (unpaired) electrons. The van der Waals surface area contributed by atoms with E-state index in [0.717, 1.165) is 0 Å². The Morgan fingerprint density at radius 3 is 2.27 bits per heavy atom. The van der Waals surface area contributed by atoms with E-state index in [-0.39, 0.29) is 38.4 Å². The Bertz CT molecular complexity index is 629. The number of ether oxygens (including phenoxy) is 2. The number of hydrogen-bond acceptors (Lipinski definition) is 4. The predicted molar refractivity (Wildman–Crippen MR) is 86.9 cm³/mol. The minimum absolute atomic E-state index is 0.191. The quantitative estimate of drug-likeness (QED) is 0.828. The Labute approximate surface area is 149 Å². The summed E-state index contributed by atoms with van der Waals surface area (Å²) in [5, 5.41) is 1.95. The van der Waals surface area contributed by atoms with Gasteiger partial charge in [0.05, 0.1) is 6.61 Å². The van der Waals surface area contributed by atoms with E-state index in [2.05, 4.69) is 0 Å². The van der Waals surface area contributed by atoms with Gasteiger partial charge in [0.25, 0.3) is 5.91 Å². The molecule has 144 valence electrons. The van der Waals surface area contributed by atoms with Crippen LogP contribution in [0.25, 0.3) is 0 Å². The molecule has 0 aromatic heterocycles. The number of alkyl halides is 3. The smallest absolute Gasteiger partial charge is 0.471 e. The number of likely N-dealkylation sites (tertiary alicyclic amines) is 1. The van der Waals surface area contributed by atoms with Crippen LogP contribution in [0.5, 0.6) is 11.5 Å². The highest BCUT2D eigenvalue weighted by Crippen LogP contribution is 2.26. The van der Waals surface area contributed by atoms with Gasteiger partial charge in [0.1, 0.15) is 0 Å². The molecule has 1 aliphatic heterocycles. The van der Waals surface area contributed by atoms with Gasteiger partial charge in [0.2, 0.25) is 0 Å². The zero-order valence-corrected chi connectivity index (χ0v) is 14.3. The summed E-state index contributed by atoms with van der Waals surface area (Å²) in [6.45, 7) is 2.63. The fourth-order valence-electron chi connectivity index (χ4n) is 2.62. The maximum absolute atomic E-state index is 12.3. The van der Waals surface area contributed by atoms with Crippen LogP contribution >= 0.6 is 0 Å². The summed E-state index contributed by atoms with van der Waals surface area (Å²) in [6, 6.07) is 6.39. The van der Waals surface area contributed by atoms with Gasteiger partial charge in [0, 0.05) is 19.1 Å². The molecule has 1 aromatic rings. The van der Waals surface area contributed by atoms with Crippen molar-refractivity contribution in [2.45, 2.75) is 32.0 Å². The lowest BCUT2D eigenvalue weighted by Crippen LogP contribution is -2.50. The monoisotopic (exact) mass is 374 g/mol. The summed E-state index contributed by atoms with van der Waals surface area (Å²) in [5.74, 6) is -1.22. The van der Waals surface area contributed by atoms with E-state index in [1.807, 2.05) is 12.2 Å². The maximum Gasteiger partial charge on any atom is 0.471 e. The Hall–Kier alpha value is -2.45. The molecule has 1 fully saturated rings. The second kappa shape index (κ2) is 8.77. The molecule has 1 aliphatic rings. The van der Waals surface area contributed by atoms with Gasteiger partial charge in [-0.15, -0.1) is 0 Å². The molecule has 1 heterocycles. The summed E-state index contributed by atoms with van der Waals surface area (Å²) in [6.07, 6.45) is -4.36. The van der Waals surface area contributed by atoms with E-state index in [0.29, 0.717) is 18.1 Å². The van der Waals surface area contributed by atoms with Crippen molar-refractivity contribution in [3.63, 3.8) is 0 Å². The molecule has 1 N–H and O–H groups in total. The maximum atomic E-state index is 12.3. The molecule has 9 heteroatoms. The van der Waals surface area contributed by atoms with E-state index in [1.165, 1.54) is 4.90 Å². The number of carbonyl (C=O) groups excluding carboxylic acids is 2. The average Bonchev–Trinajstić information content (AvgIpc) is 2.61. The van der Waals surface area contributed by atoms with Crippen LogP contribution in [0.4, 0.5) is 13.2 Å². The van der Waals surface area contributed by atoms with Crippen LogP contribution in [0.3, 0.4) is 0 Å². The molecule has 0 atom stereocenters. The first-order valence-electron chi connectivity index (χ1n) is 8.31. The van der Waals surface area contributed by atoms with Crippen molar-refractivity contribution < 1.29 is 32.2 Å². The Morgan fingerprint density at radius 2 is 1.73 bits per heavy atom. The van der Waals surface area contributed by atoms with E-state index < -0.39 is 18.1 Å². The number of halogens is 3. The van der Waals surface area contributed by atoms with Gasteiger partial charge in [-0.1, -0.05) is 12.1 Å². The molecule has 0 unspecified atom stereocenters. The summed E-state index contributed by atoms with van der Waals surface area (Å²) in [4.78, 5) is 24.7. The number of piperidine rings is 1. The molecule has 0 saturated carbocycles. The number of para-hydroxylation sites is 2. The third kappa shape index (κ3) is 5.53. The molecule has 26 heavy (non-hydrogen) atoms. The predicted octanol–water partition coefficient (Wildman–Crippen LogP) is 2.13. The highest BCUT2D eigenvalue weighted by Gasteiger charge is 2.40. The van der Waals surface area contributed by atoms with Crippen molar-refractivity contribution in [3.05, 3.63) is 24.3 Å². The minimum atomic E-state index is -4.89. The van der Waals surface area contributed by atoms with Crippen molar-refractivity contribution in [2.24, 2.45) is 0 Å². The largest absolute Gasteiger partial charge is 0.490 e. The first-order chi connectivity index (χ1) is 12.3. The topological polar surface area (TPSA) is 67.9 Å². The zero-order valence-electron chi connectivity index (χ0n) is 14.3. The second-order valence-electron chi connectivity index (χ2n) is 5.79. The van der Waals surface area contributed by atoms with Gasteiger partial charge in [-0.2, -0.15) is 13.2 Å². The standard InChI is InChI=1S/C17H21F3N2O4/c1-2-25-13-5-3-4-6-14(13)26-11-15(23)22-9-7-12(8-10-22)21-16(24)17(18,19)20/h3-6,12H,2,7-11H2,1H3,(H,21,24). The summed E-state index contributed by atoms with van der Waals surface area (Å²) >= 11 is 0. The number of nitrogens with one attached hydrogen (secondary N) is 1. The lowest BCUT2D eigenvalue weighted by atomic mass is 10.0. The molecule has 0 bridgehead atoms.